The van der Waals surface area contributed by atoms with Crippen LogP contribution in [0.15, 0.2) is 188 Å². The number of benzene rings is 8. The molecular formula is C57H50IN. The first-order chi connectivity index (χ1) is 28.7. The second-order valence-corrected chi connectivity index (χ2v) is 23.5. The van der Waals surface area contributed by atoms with Crippen molar-refractivity contribution < 1.29 is 0 Å². The number of fused-ring (bicyclic) bond motifs is 6. The van der Waals surface area contributed by atoms with Gasteiger partial charge in [0.05, 0.1) is 5.69 Å². The number of nitrogens with zero attached hydrogens (tertiary/aromatic N) is 1. The van der Waals surface area contributed by atoms with Crippen molar-refractivity contribution in [2.75, 3.05) is 19.2 Å². The minimum absolute atomic E-state index is 0.0376. The van der Waals surface area contributed by atoms with Crippen molar-refractivity contribution in [2.24, 2.45) is 0 Å². The molecule has 0 radical (unpaired) electrons. The molecule has 1 atom stereocenters. The van der Waals surface area contributed by atoms with E-state index in [1.54, 1.807) is 0 Å². The molecule has 8 aromatic rings. The molecule has 0 amide bonds. The van der Waals surface area contributed by atoms with Gasteiger partial charge in [0, 0.05) is 16.9 Å². The molecule has 0 saturated heterocycles. The summed E-state index contributed by atoms with van der Waals surface area (Å²) in [6, 6.07) is 69.8. The Morgan fingerprint density at radius 1 is 0.407 bits per heavy atom. The molecule has 59 heavy (non-hydrogen) atoms. The van der Waals surface area contributed by atoms with E-state index in [0.717, 1.165) is 17.1 Å². The van der Waals surface area contributed by atoms with Gasteiger partial charge in [0.15, 0.2) is 0 Å². The van der Waals surface area contributed by atoms with Gasteiger partial charge in [-0.25, -0.2) is 0 Å². The standard InChI is InChI=1S/C57H50IN/c1-56(2)52-37-49-47-22-12-14-25-51(47)57(3,35-36-58(4)5)53(49)38-50(52)48-24-16-23-46(55(48)56)42-29-33-44(34-30-42)59(43-31-27-40(28-32-43)39-17-8-6-9-18-39)54-26-15-13-21-45(54)41-19-10-7-11-20-41/h6-34,37-38H,35-36H2,1-5H3. The maximum atomic E-state index is 2.60. The quantitative estimate of drug-likeness (QED) is 0.103. The number of anilines is 3. The number of para-hydroxylation sites is 1. The zero-order valence-electron chi connectivity index (χ0n) is 34.6. The Bertz CT molecular complexity index is 2820. The molecule has 1 nitrogen and oxygen atoms in total. The van der Waals surface area contributed by atoms with E-state index in [1.807, 2.05) is 0 Å². The summed E-state index contributed by atoms with van der Waals surface area (Å²) in [7, 11) is 0. The number of rotatable bonds is 9. The van der Waals surface area contributed by atoms with Crippen LogP contribution in [0.25, 0.3) is 55.6 Å². The summed E-state index contributed by atoms with van der Waals surface area (Å²) in [5.41, 5.74) is 22.2. The van der Waals surface area contributed by atoms with Crippen molar-refractivity contribution in [3.8, 4) is 55.6 Å². The van der Waals surface area contributed by atoms with Crippen molar-refractivity contribution in [3.63, 3.8) is 0 Å². The fourth-order valence-electron chi connectivity index (χ4n) is 10.0. The van der Waals surface area contributed by atoms with Crippen LogP contribution >= 0.6 is 19.8 Å². The van der Waals surface area contributed by atoms with Crippen LogP contribution in [0, 0.1) is 0 Å². The zero-order chi connectivity index (χ0) is 40.3. The molecule has 0 fully saturated rings. The van der Waals surface area contributed by atoms with Gasteiger partial charge in [-0.3, -0.25) is 0 Å². The molecule has 0 aliphatic heterocycles. The Balaban J connectivity index is 1.07. The average Bonchev–Trinajstić information content (AvgIpc) is 3.67. The molecule has 1 unspecified atom stereocenters. The van der Waals surface area contributed by atoms with E-state index in [1.165, 1.54) is 88.7 Å². The van der Waals surface area contributed by atoms with Crippen LogP contribution in [0.3, 0.4) is 0 Å². The molecule has 0 spiro atoms. The van der Waals surface area contributed by atoms with Crippen LogP contribution < -0.4 is 4.90 Å². The Hall–Kier alpha value is -5.71. The molecule has 0 bridgehead atoms. The van der Waals surface area contributed by atoms with Crippen LogP contribution in [-0.2, 0) is 10.8 Å². The zero-order valence-corrected chi connectivity index (χ0v) is 36.8. The van der Waals surface area contributed by atoms with E-state index >= 15 is 0 Å². The van der Waals surface area contributed by atoms with Gasteiger partial charge in [-0.05, 0) is 34.9 Å². The van der Waals surface area contributed by atoms with Crippen molar-refractivity contribution in [1.82, 2.24) is 0 Å². The summed E-state index contributed by atoms with van der Waals surface area (Å²) in [6.45, 7) is 7.39. The van der Waals surface area contributed by atoms with Crippen LogP contribution in [0.1, 0.15) is 49.4 Å². The predicted molar refractivity (Wildman–Crippen MR) is 262 cm³/mol. The molecule has 0 N–H and O–H groups in total. The molecule has 2 aliphatic rings. The molecule has 0 heterocycles. The van der Waals surface area contributed by atoms with Gasteiger partial charge in [-0.1, -0.05) is 91.0 Å². The predicted octanol–water partition coefficient (Wildman–Crippen LogP) is 15.9. The fraction of sp³-hybridized carbons (Fsp3) is 0.158. The van der Waals surface area contributed by atoms with Gasteiger partial charge in [0.25, 0.3) is 0 Å². The van der Waals surface area contributed by atoms with Crippen LogP contribution in [0.4, 0.5) is 17.1 Å². The Morgan fingerprint density at radius 2 is 0.898 bits per heavy atom. The van der Waals surface area contributed by atoms with Gasteiger partial charge in [-0.15, -0.1) is 0 Å². The SMILES string of the molecule is CI(C)CCC1(C)c2ccccc2-c2cc3c(cc21)-c1cccc(-c2ccc(N(c4ccc(-c5ccccc5)cc4)c4ccccc4-c4ccccc4)cc2)c1C3(C)C. The summed E-state index contributed by atoms with van der Waals surface area (Å²) in [6.07, 6.45) is 1.22. The summed E-state index contributed by atoms with van der Waals surface area (Å²) in [5, 5.41) is 0. The summed E-state index contributed by atoms with van der Waals surface area (Å²) >= 11 is -0.891. The van der Waals surface area contributed by atoms with E-state index < -0.39 is 19.8 Å². The van der Waals surface area contributed by atoms with Gasteiger partial charge in [0.2, 0.25) is 0 Å². The number of alkyl halides is 3. The molecule has 0 saturated carbocycles. The van der Waals surface area contributed by atoms with Gasteiger partial charge in [0.1, 0.15) is 0 Å². The third-order valence-electron chi connectivity index (χ3n) is 13.1. The summed E-state index contributed by atoms with van der Waals surface area (Å²) < 4.78 is 1.36. The Kier molecular flexibility index (Phi) is 9.44. The topological polar surface area (TPSA) is 3.24 Å². The molecule has 2 heteroatoms. The summed E-state index contributed by atoms with van der Waals surface area (Å²) in [5.74, 6) is 0. The van der Waals surface area contributed by atoms with E-state index in [4.69, 9.17) is 0 Å². The van der Waals surface area contributed by atoms with Gasteiger partial charge < -0.3 is 4.90 Å². The number of halogens is 1. The van der Waals surface area contributed by atoms with Crippen LogP contribution in [-0.4, -0.2) is 14.3 Å². The molecular weight excluding hydrogens is 826 g/mol. The number of hydrogen-bond acceptors (Lipinski definition) is 1. The first-order valence-corrected chi connectivity index (χ1v) is 26.7. The first-order valence-electron chi connectivity index (χ1n) is 20.8. The monoisotopic (exact) mass is 875 g/mol. The maximum absolute atomic E-state index is 2.60. The van der Waals surface area contributed by atoms with Crippen molar-refractivity contribution in [1.29, 1.82) is 0 Å². The molecule has 0 aromatic heterocycles. The van der Waals surface area contributed by atoms with E-state index in [0.29, 0.717) is 0 Å². The average molecular weight is 876 g/mol. The second kappa shape index (κ2) is 14.8. The third-order valence-corrected chi connectivity index (χ3v) is 15.8. The first kappa shape index (κ1) is 37.6. The Morgan fingerprint density at radius 3 is 1.58 bits per heavy atom. The van der Waals surface area contributed by atoms with Gasteiger partial charge in [-0.2, -0.15) is 0 Å². The molecule has 290 valence electrons. The Labute approximate surface area is 357 Å². The molecule has 10 rings (SSSR count). The molecule has 8 aromatic carbocycles. The van der Waals surface area contributed by atoms with E-state index in [-0.39, 0.29) is 10.8 Å². The summed E-state index contributed by atoms with van der Waals surface area (Å²) in [4.78, 5) is 7.43. The van der Waals surface area contributed by atoms with Gasteiger partial charge >= 0.3 is 207 Å². The fourth-order valence-corrected chi connectivity index (χ4v) is 12.2. The van der Waals surface area contributed by atoms with E-state index in [2.05, 4.69) is 224 Å². The van der Waals surface area contributed by atoms with Crippen molar-refractivity contribution in [3.05, 3.63) is 210 Å². The second-order valence-electron chi connectivity index (χ2n) is 17.2. The van der Waals surface area contributed by atoms with Crippen LogP contribution in [0.2, 0.25) is 0 Å². The van der Waals surface area contributed by atoms with Crippen molar-refractivity contribution in [2.45, 2.75) is 38.0 Å². The normalized spacial score (nSPS) is 15.8. The number of hydrogen-bond donors (Lipinski definition) is 0. The van der Waals surface area contributed by atoms with Crippen molar-refractivity contribution >= 4 is 36.9 Å². The third kappa shape index (κ3) is 6.35. The molecule has 2 aliphatic carbocycles. The van der Waals surface area contributed by atoms with Crippen LogP contribution in [0.5, 0.6) is 0 Å². The van der Waals surface area contributed by atoms with E-state index in [9.17, 15) is 0 Å². The minimum atomic E-state index is -0.891.